The summed E-state index contributed by atoms with van der Waals surface area (Å²) in [6.45, 7) is 8.99. The first-order valence-electron chi connectivity index (χ1n) is 5.54. The maximum absolute atomic E-state index is 2.52. The molecule has 1 unspecified atom stereocenters. The topological polar surface area (TPSA) is 3.24 Å². The Morgan fingerprint density at radius 1 is 1.21 bits per heavy atom. The molecular formula is C11H20BNS. The van der Waals surface area contributed by atoms with E-state index in [-0.39, 0.29) is 0 Å². The first kappa shape index (κ1) is 11.9. The first-order chi connectivity index (χ1) is 6.83. The second-order valence-electron chi connectivity index (χ2n) is 3.40. The van der Waals surface area contributed by atoms with Crippen molar-refractivity contribution in [2.75, 3.05) is 18.8 Å². The average molecular weight is 209 g/mol. The minimum Gasteiger partial charge on any atom is -0.303 e. The molecule has 1 aliphatic rings. The van der Waals surface area contributed by atoms with Gasteiger partial charge in [0.2, 0.25) is 0 Å². The van der Waals surface area contributed by atoms with Crippen LogP contribution in [0, 0.1) is 0 Å². The molecule has 1 atom stereocenters. The summed E-state index contributed by atoms with van der Waals surface area (Å²) >= 11 is 2.04. The highest BCUT2D eigenvalue weighted by molar-refractivity contribution is 8.26. The fraction of sp³-hybridized carbons (Fsp3) is 0.636. The normalized spacial score (nSPS) is 20.9. The molecule has 0 saturated heterocycles. The van der Waals surface area contributed by atoms with E-state index in [1.54, 1.807) is 0 Å². The Kier molecular flexibility index (Phi) is 5.42. The van der Waals surface area contributed by atoms with Crippen LogP contribution < -0.4 is 0 Å². The highest BCUT2D eigenvalue weighted by atomic mass is 32.2. The third-order valence-electron chi connectivity index (χ3n) is 2.65. The Morgan fingerprint density at radius 3 is 2.50 bits per heavy atom. The number of rotatable bonds is 5. The third-order valence-corrected chi connectivity index (χ3v) is 3.80. The van der Waals surface area contributed by atoms with Gasteiger partial charge in [-0.05, 0) is 18.8 Å². The minimum absolute atomic E-state index is 0.597. The van der Waals surface area contributed by atoms with Gasteiger partial charge >= 0.3 is 0 Å². The maximum atomic E-state index is 2.52. The third kappa shape index (κ3) is 2.92. The number of hydrogen-bond donors (Lipinski definition) is 0. The van der Waals surface area contributed by atoms with Crippen LogP contribution in [0.1, 0.15) is 20.8 Å². The van der Waals surface area contributed by atoms with Crippen LogP contribution in [0.15, 0.2) is 24.2 Å². The van der Waals surface area contributed by atoms with Gasteiger partial charge in [0.15, 0.2) is 0 Å². The van der Waals surface area contributed by atoms with E-state index in [0.717, 1.165) is 13.1 Å². The summed E-state index contributed by atoms with van der Waals surface area (Å²) in [6, 6.07) is 0. The van der Waals surface area contributed by atoms with Crippen molar-refractivity contribution in [1.82, 2.24) is 4.90 Å². The lowest BCUT2D eigenvalue weighted by Crippen LogP contribution is -2.43. The molecule has 78 valence electrons. The van der Waals surface area contributed by atoms with Gasteiger partial charge in [-0.15, -0.1) is 5.98 Å². The highest BCUT2D eigenvalue weighted by Gasteiger charge is 2.26. The number of hydrogen-bond acceptors (Lipinski definition) is 2. The molecule has 14 heavy (non-hydrogen) atoms. The monoisotopic (exact) mass is 209 g/mol. The van der Waals surface area contributed by atoms with E-state index in [0.29, 0.717) is 11.9 Å². The van der Waals surface area contributed by atoms with Gasteiger partial charge in [0, 0.05) is 5.94 Å². The molecule has 0 fully saturated rings. The van der Waals surface area contributed by atoms with Crippen LogP contribution in [-0.4, -0.2) is 35.7 Å². The first-order valence-corrected chi connectivity index (χ1v) is 6.59. The molecular weight excluding hydrogens is 189 g/mol. The standard InChI is InChI=1S/C11H20BNS/c1-4-13(5-2)11-9-7-8-10-12(11)14-6-3/h7-11H,4-6H2,1-3H3. The van der Waals surface area contributed by atoms with Gasteiger partial charge < -0.3 is 4.90 Å². The molecule has 0 aliphatic carbocycles. The molecule has 0 saturated carbocycles. The summed E-state index contributed by atoms with van der Waals surface area (Å²) < 4.78 is 0. The number of nitrogens with zero attached hydrogens (tertiary/aromatic N) is 1. The smallest absolute Gasteiger partial charge is 0.256 e. The zero-order valence-corrected chi connectivity index (χ0v) is 10.3. The predicted molar refractivity (Wildman–Crippen MR) is 68.9 cm³/mol. The minimum atomic E-state index is 0.597. The Morgan fingerprint density at radius 2 is 1.93 bits per heavy atom. The van der Waals surface area contributed by atoms with Crippen molar-refractivity contribution >= 4 is 17.6 Å². The molecule has 0 aromatic heterocycles. The Labute approximate surface area is 92.6 Å². The summed E-state index contributed by atoms with van der Waals surface area (Å²) in [5.41, 5.74) is 0. The molecule has 0 aromatic rings. The van der Waals surface area contributed by atoms with Gasteiger partial charge in [-0.1, -0.05) is 39.0 Å². The van der Waals surface area contributed by atoms with Crippen molar-refractivity contribution in [3.05, 3.63) is 24.2 Å². The van der Waals surface area contributed by atoms with Gasteiger partial charge in [-0.2, -0.15) is 0 Å². The second kappa shape index (κ2) is 6.36. The molecule has 0 bridgehead atoms. The SMILES string of the molecule is CCSB1C=CC=CC1N(CC)CC. The van der Waals surface area contributed by atoms with E-state index >= 15 is 0 Å². The molecule has 1 heterocycles. The van der Waals surface area contributed by atoms with E-state index in [4.69, 9.17) is 0 Å². The Balaban J connectivity index is 2.63. The molecule has 1 nitrogen and oxygen atoms in total. The molecule has 3 heteroatoms. The summed E-state index contributed by atoms with van der Waals surface area (Å²) in [7, 11) is 0. The van der Waals surface area contributed by atoms with Crippen molar-refractivity contribution in [2.24, 2.45) is 0 Å². The van der Waals surface area contributed by atoms with Crippen LogP contribution in [0.2, 0.25) is 0 Å². The lowest BCUT2D eigenvalue weighted by Gasteiger charge is -2.31. The van der Waals surface area contributed by atoms with Crippen LogP contribution in [0.4, 0.5) is 0 Å². The van der Waals surface area contributed by atoms with Crippen LogP contribution in [0.3, 0.4) is 0 Å². The van der Waals surface area contributed by atoms with E-state index in [9.17, 15) is 0 Å². The maximum Gasteiger partial charge on any atom is 0.256 e. The lowest BCUT2D eigenvalue weighted by atomic mass is 9.64. The molecule has 0 amide bonds. The Hall–Kier alpha value is -0.145. The lowest BCUT2D eigenvalue weighted by molar-refractivity contribution is 0.307. The van der Waals surface area contributed by atoms with Crippen molar-refractivity contribution in [2.45, 2.75) is 26.7 Å². The molecule has 1 rings (SSSR count). The summed E-state index contributed by atoms with van der Waals surface area (Å²) in [6.07, 6.45) is 6.68. The fourth-order valence-corrected chi connectivity index (χ4v) is 2.94. The van der Waals surface area contributed by atoms with Crippen LogP contribution >= 0.6 is 11.6 Å². The largest absolute Gasteiger partial charge is 0.303 e. The fourth-order valence-electron chi connectivity index (χ4n) is 1.90. The highest BCUT2D eigenvalue weighted by Crippen LogP contribution is 2.20. The van der Waals surface area contributed by atoms with Crippen LogP contribution in [0.5, 0.6) is 0 Å². The van der Waals surface area contributed by atoms with Gasteiger partial charge in [0.1, 0.15) is 0 Å². The zero-order chi connectivity index (χ0) is 10.4. The van der Waals surface area contributed by atoms with Crippen LogP contribution in [-0.2, 0) is 0 Å². The van der Waals surface area contributed by atoms with E-state index in [2.05, 4.69) is 49.9 Å². The average Bonchev–Trinajstić information content (AvgIpc) is 2.23. The summed E-state index contributed by atoms with van der Waals surface area (Å²) in [5, 5.41) is 0. The summed E-state index contributed by atoms with van der Waals surface area (Å²) in [4.78, 5) is 2.52. The molecule has 0 radical (unpaired) electrons. The van der Waals surface area contributed by atoms with Gasteiger partial charge in [-0.25, -0.2) is 11.6 Å². The molecule has 0 aromatic carbocycles. The van der Waals surface area contributed by atoms with E-state index in [1.807, 2.05) is 11.6 Å². The molecule has 0 N–H and O–H groups in total. The number of likely N-dealkylation sites (N-methyl/N-ethyl adjacent to an activating group) is 1. The van der Waals surface area contributed by atoms with Gasteiger partial charge in [-0.3, -0.25) is 0 Å². The van der Waals surface area contributed by atoms with Crippen LogP contribution in [0.25, 0.3) is 0 Å². The van der Waals surface area contributed by atoms with E-state index < -0.39 is 0 Å². The Bertz CT molecular complexity index is 211. The van der Waals surface area contributed by atoms with Gasteiger partial charge in [0.25, 0.3) is 5.99 Å². The molecule has 1 aliphatic heterocycles. The van der Waals surface area contributed by atoms with Gasteiger partial charge in [0.05, 0.1) is 0 Å². The number of allylic oxidation sites excluding steroid dienone is 2. The van der Waals surface area contributed by atoms with E-state index in [1.165, 1.54) is 5.75 Å². The van der Waals surface area contributed by atoms with Crippen molar-refractivity contribution < 1.29 is 0 Å². The van der Waals surface area contributed by atoms with Crippen molar-refractivity contribution in [1.29, 1.82) is 0 Å². The second-order valence-corrected chi connectivity index (χ2v) is 4.86. The predicted octanol–water partition coefficient (Wildman–Crippen LogP) is 2.65. The quantitative estimate of drug-likeness (QED) is 0.640. The summed E-state index contributed by atoms with van der Waals surface area (Å²) in [5.74, 6) is 4.77. The molecule has 0 spiro atoms. The zero-order valence-electron chi connectivity index (χ0n) is 9.44. The van der Waals surface area contributed by atoms with Crippen molar-refractivity contribution in [3.63, 3.8) is 0 Å². The van der Waals surface area contributed by atoms with Crippen molar-refractivity contribution in [3.8, 4) is 0 Å².